The maximum Gasteiger partial charge on any atom is 0.408 e. The Morgan fingerprint density at radius 1 is 1.59 bits per heavy atom. The van der Waals surface area contributed by atoms with Crippen molar-refractivity contribution in [2.45, 2.75) is 0 Å². The molecule has 0 radical (unpaired) electrons. The van der Waals surface area contributed by atoms with Crippen molar-refractivity contribution >= 4 is 45.6 Å². The SMILES string of the molecule is O=C(CSOS(=O)(=O)O)Nc1ccc(Cl)nc1. The molecule has 94 valence electrons. The topological polar surface area (TPSA) is 106 Å². The van der Waals surface area contributed by atoms with Gasteiger partial charge < -0.3 is 5.32 Å². The molecule has 1 heterocycles. The molecule has 0 saturated heterocycles. The van der Waals surface area contributed by atoms with E-state index < -0.39 is 16.3 Å². The number of anilines is 1. The summed E-state index contributed by atoms with van der Waals surface area (Å²) in [5, 5.41) is 2.70. The minimum Gasteiger partial charge on any atom is -0.324 e. The van der Waals surface area contributed by atoms with Crippen LogP contribution in [0.1, 0.15) is 0 Å². The predicted molar refractivity (Wildman–Crippen MR) is 63.0 cm³/mol. The molecule has 0 aliphatic carbocycles. The van der Waals surface area contributed by atoms with E-state index >= 15 is 0 Å². The molecule has 0 bridgehead atoms. The van der Waals surface area contributed by atoms with Gasteiger partial charge in [0.1, 0.15) is 10.9 Å². The summed E-state index contributed by atoms with van der Waals surface area (Å²) in [7, 11) is -4.55. The molecule has 1 aromatic rings. The third kappa shape index (κ3) is 6.44. The van der Waals surface area contributed by atoms with Crippen LogP contribution in [0, 0.1) is 0 Å². The van der Waals surface area contributed by atoms with E-state index in [0.29, 0.717) is 17.7 Å². The number of hydrogen-bond acceptors (Lipinski definition) is 6. The number of aromatic nitrogens is 1. The highest BCUT2D eigenvalue weighted by molar-refractivity contribution is 8.03. The monoisotopic (exact) mass is 298 g/mol. The Kier molecular flexibility index (Phi) is 5.15. The lowest BCUT2D eigenvalue weighted by atomic mass is 10.4. The second-order valence-electron chi connectivity index (χ2n) is 2.68. The third-order valence-electron chi connectivity index (χ3n) is 1.34. The molecule has 1 amide bonds. The van der Waals surface area contributed by atoms with Crippen LogP contribution >= 0.6 is 23.6 Å². The summed E-state index contributed by atoms with van der Waals surface area (Å²) in [6.07, 6.45) is 1.34. The van der Waals surface area contributed by atoms with Crippen molar-refractivity contribution in [1.29, 1.82) is 0 Å². The lowest BCUT2D eigenvalue weighted by Gasteiger charge is -2.03. The summed E-state index contributed by atoms with van der Waals surface area (Å²) in [5.41, 5.74) is 0.409. The van der Waals surface area contributed by atoms with Crippen LogP contribution in [0.2, 0.25) is 5.15 Å². The number of nitrogens with one attached hydrogen (secondary N) is 1. The molecule has 10 heteroatoms. The number of amides is 1. The number of carbonyl (C=O) groups is 1. The lowest BCUT2D eigenvalue weighted by molar-refractivity contribution is -0.113. The van der Waals surface area contributed by atoms with Gasteiger partial charge >= 0.3 is 10.4 Å². The number of pyridine rings is 1. The average Bonchev–Trinajstić information content (AvgIpc) is 2.19. The molecular formula is C7H7ClN2O5S2. The van der Waals surface area contributed by atoms with Crippen LogP contribution in [0.25, 0.3) is 0 Å². The Morgan fingerprint density at radius 3 is 2.82 bits per heavy atom. The van der Waals surface area contributed by atoms with Crippen molar-refractivity contribution in [2.75, 3.05) is 11.1 Å². The molecule has 0 aromatic carbocycles. The van der Waals surface area contributed by atoms with Gasteiger partial charge in [-0.3, -0.25) is 9.35 Å². The summed E-state index contributed by atoms with van der Waals surface area (Å²) in [6, 6.07) is 3.01. The van der Waals surface area contributed by atoms with E-state index in [-0.39, 0.29) is 10.9 Å². The molecule has 17 heavy (non-hydrogen) atoms. The van der Waals surface area contributed by atoms with Gasteiger partial charge in [0.05, 0.1) is 11.9 Å². The van der Waals surface area contributed by atoms with E-state index in [0.717, 1.165) is 0 Å². The first kappa shape index (κ1) is 14.2. The van der Waals surface area contributed by atoms with E-state index in [2.05, 4.69) is 13.9 Å². The molecule has 2 N–H and O–H groups in total. The van der Waals surface area contributed by atoms with Gasteiger partial charge in [-0.05, 0) is 12.1 Å². The second-order valence-corrected chi connectivity index (χ2v) is 4.99. The highest BCUT2D eigenvalue weighted by Gasteiger charge is 2.09. The van der Waals surface area contributed by atoms with Gasteiger partial charge in [0.2, 0.25) is 5.91 Å². The van der Waals surface area contributed by atoms with Crippen molar-refractivity contribution in [3.63, 3.8) is 0 Å². The molecule has 1 rings (SSSR count). The van der Waals surface area contributed by atoms with E-state index in [1.807, 2.05) is 0 Å². The number of carbonyl (C=O) groups excluding carboxylic acids is 1. The Hall–Kier alpha value is -0.870. The standard InChI is InChI=1S/C7H7ClN2O5S2/c8-6-2-1-5(3-9-6)10-7(11)4-16-15-17(12,13)14/h1-3H,4H2,(H,10,11)(H,12,13,14). The van der Waals surface area contributed by atoms with E-state index in [4.69, 9.17) is 16.2 Å². The fourth-order valence-corrected chi connectivity index (χ4v) is 1.76. The van der Waals surface area contributed by atoms with Crippen LogP contribution in [-0.2, 0) is 18.8 Å². The zero-order chi connectivity index (χ0) is 12.9. The molecule has 0 unspecified atom stereocenters. The largest absolute Gasteiger partial charge is 0.408 e. The highest BCUT2D eigenvalue weighted by atomic mass is 35.5. The zero-order valence-electron chi connectivity index (χ0n) is 8.16. The van der Waals surface area contributed by atoms with Gasteiger partial charge in [-0.1, -0.05) is 11.6 Å². The molecule has 0 fully saturated rings. The van der Waals surface area contributed by atoms with Crippen molar-refractivity contribution in [3.05, 3.63) is 23.5 Å². The maximum atomic E-state index is 11.2. The molecule has 0 aliphatic rings. The number of halogens is 1. The van der Waals surface area contributed by atoms with Gasteiger partial charge in [0.15, 0.2) is 0 Å². The first-order valence-corrected chi connectivity index (χ1v) is 6.72. The van der Waals surface area contributed by atoms with E-state index in [1.54, 1.807) is 0 Å². The summed E-state index contributed by atoms with van der Waals surface area (Å²) >= 11 is 5.83. The normalized spacial score (nSPS) is 11.2. The minimum atomic E-state index is -4.55. The van der Waals surface area contributed by atoms with Gasteiger partial charge in [-0.25, -0.2) is 4.98 Å². The average molecular weight is 299 g/mol. The second kappa shape index (κ2) is 6.17. The van der Waals surface area contributed by atoms with Crippen LogP contribution in [0.4, 0.5) is 5.69 Å². The van der Waals surface area contributed by atoms with Crippen molar-refractivity contribution < 1.29 is 21.4 Å². The van der Waals surface area contributed by atoms with E-state index in [9.17, 15) is 13.2 Å². The van der Waals surface area contributed by atoms with Gasteiger partial charge in [0, 0.05) is 12.0 Å². The fourth-order valence-electron chi connectivity index (χ4n) is 0.785. The van der Waals surface area contributed by atoms with Crippen LogP contribution in [0.5, 0.6) is 0 Å². The summed E-state index contributed by atoms with van der Waals surface area (Å²) in [4.78, 5) is 15.0. The van der Waals surface area contributed by atoms with Crippen LogP contribution in [0.15, 0.2) is 18.3 Å². The molecular weight excluding hydrogens is 292 g/mol. The number of nitrogens with zero attached hydrogens (tertiary/aromatic N) is 1. The molecule has 7 nitrogen and oxygen atoms in total. The molecule has 0 atom stereocenters. The number of hydrogen-bond donors (Lipinski definition) is 2. The number of rotatable bonds is 5. The van der Waals surface area contributed by atoms with Crippen molar-refractivity contribution in [3.8, 4) is 0 Å². The zero-order valence-corrected chi connectivity index (χ0v) is 10.5. The summed E-state index contributed by atoms with van der Waals surface area (Å²) in [6.45, 7) is 0. The quantitative estimate of drug-likeness (QED) is 0.477. The first-order valence-electron chi connectivity index (χ1n) is 4.07. The van der Waals surface area contributed by atoms with Crippen molar-refractivity contribution in [2.24, 2.45) is 0 Å². The first-order chi connectivity index (χ1) is 7.87. The molecule has 0 spiro atoms. The lowest BCUT2D eigenvalue weighted by Crippen LogP contribution is -2.15. The molecule has 0 aliphatic heterocycles. The van der Waals surface area contributed by atoms with E-state index in [1.165, 1.54) is 18.3 Å². The van der Waals surface area contributed by atoms with Gasteiger partial charge in [-0.15, -0.1) is 0 Å². The van der Waals surface area contributed by atoms with Crippen LogP contribution in [-0.4, -0.2) is 29.6 Å². The predicted octanol–water partition coefficient (Wildman–Crippen LogP) is 1.14. The van der Waals surface area contributed by atoms with Crippen LogP contribution in [0.3, 0.4) is 0 Å². The van der Waals surface area contributed by atoms with Crippen molar-refractivity contribution in [1.82, 2.24) is 4.98 Å². The Balaban J connectivity index is 2.37. The Labute approximate surface area is 107 Å². The highest BCUT2D eigenvalue weighted by Crippen LogP contribution is 2.11. The Bertz CT molecular complexity index is 489. The summed E-state index contributed by atoms with van der Waals surface area (Å²) in [5.74, 6) is -0.814. The van der Waals surface area contributed by atoms with Gasteiger partial charge in [0.25, 0.3) is 0 Å². The molecule has 1 aromatic heterocycles. The summed E-state index contributed by atoms with van der Waals surface area (Å²) < 4.78 is 32.5. The smallest absolute Gasteiger partial charge is 0.324 e. The Morgan fingerprint density at radius 2 is 2.29 bits per heavy atom. The fraction of sp³-hybridized carbons (Fsp3) is 0.143. The van der Waals surface area contributed by atoms with Crippen LogP contribution < -0.4 is 5.32 Å². The molecule has 0 saturated carbocycles. The minimum absolute atomic E-state index is 0.284. The van der Waals surface area contributed by atoms with Gasteiger partial charge in [-0.2, -0.15) is 12.0 Å². The maximum absolute atomic E-state index is 11.2. The third-order valence-corrected chi connectivity index (χ3v) is 3.01.